The number of carbonyl (C=O) groups is 1. The first-order valence-electron chi connectivity index (χ1n) is 8.70. The lowest BCUT2D eigenvalue weighted by molar-refractivity contribution is 0.0712. The zero-order chi connectivity index (χ0) is 17.5. The maximum absolute atomic E-state index is 12.7. The highest BCUT2D eigenvalue weighted by Gasteiger charge is 2.24. The van der Waals surface area contributed by atoms with Crippen LogP contribution in [0.5, 0.6) is 5.88 Å². The van der Waals surface area contributed by atoms with E-state index < -0.39 is 0 Å². The van der Waals surface area contributed by atoms with Crippen molar-refractivity contribution in [3.05, 3.63) is 59.8 Å². The van der Waals surface area contributed by atoms with Gasteiger partial charge >= 0.3 is 0 Å². The Bertz CT molecular complexity index is 682. The third-order valence-corrected chi connectivity index (χ3v) is 4.57. The van der Waals surface area contributed by atoms with E-state index in [1.165, 1.54) is 5.56 Å². The SMILES string of the molecule is COCCOc1cc(C(=O)N2CCC(c3ccccc3)CC2)ccn1. The number of aromatic nitrogens is 1. The van der Waals surface area contributed by atoms with E-state index in [9.17, 15) is 4.79 Å². The van der Waals surface area contributed by atoms with Gasteiger partial charge in [-0.15, -0.1) is 0 Å². The van der Waals surface area contributed by atoms with E-state index in [1.807, 2.05) is 11.0 Å². The molecule has 1 fully saturated rings. The van der Waals surface area contributed by atoms with Crippen LogP contribution in [0.3, 0.4) is 0 Å². The predicted octanol–water partition coefficient (Wildman–Crippen LogP) is 3.13. The summed E-state index contributed by atoms with van der Waals surface area (Å²) in [5, 5.41) is 0. The van der Waals surface area contributed by atoms with E-state index in [1.54, 1.807) is 25.4 Å². The molecular weight excluding hydrogens is 316 g/mol. The molecular formula is C20H24N2O3. The van der Waals surface area contributed by atoms with Gasteiger partial charge in [-0.2, -0.15) is 0 Å². The van der Waals surface area contributed by atoms with Crippen LogP contribution in [0.25, 0.3) is 0 Å². The van der Waals surface area contributed by atoms with Crippen LogP contribution in [0.1, 0.15) is 34.7 Å². The quantitative estimate of drug-likeness (QED) is 0.758. The molecule has 25 heavy (non-hydrogen) atoms. The number of pyridine rings is 1. The van der Waals surface area contributed by atoms with Gasteiger partial charge in [-0.05, 0) is 30.4 Å². The first-order valence-corrected chi connectivity index (χ1v) is 8.70. The highest BCUT2D eigenvalue weighted by molar-refractivity contribution is 5.94. The Balaban J connectivity index is 1.58. The number of hydrogen-bond acceptors (Lipinski definition) is 4. The van der Waals surface area contributed by atoms with Gasteiger partial charge in [-0.1, -0.05) is 30.3 Å². The van der Waals surface area contributed by atoms with Crippen molar-refractivity contribution in [2.75, 3.05) is 33.4 Å². The summed E-state index contributed by atoms with van der Waals surface area (Å²) >= 11 is 0. The van der Waals surface area contributed by atoms with Gasteiger partial charge in [0.1, 0.15) is 6.61 Å². The Hall–Kier alpha value is -2.40. The molecule has 1 aromatic carbocycles. The number of benzene rings is 1. The molecule has 1 saturated heterocycles. The number of hydrogen-bond donors (Lipinski definition) is 0. The molecule has 0 saturated carbocycles. The Labute approximate surface area is 148 Å². The lowest BCUT2D eigenvalue weighted by Crippen LogP contribution is -2.37. The number of likely N-dealkylation sites (tertiary alicyclic amines) is 1. The molecule has 0 bridgehead atoms. The molecule has 5 heteroatoms. The summed E-state index contributed by atoms with van der Waals surface area (Å²) in [5.41, 5.74) is 1.99. The van der Waals surface area contributed by atoms with Crippen LogP contribution in [0, 0.1) is 0 Å². The third kappa shape index (κ3) is 4.57. The molecule has 1 aliphatic heterocycles. The highest BCUT2D eigenvalue weighted by atomic mass is 16.5. The van der Waals surface area contributed by atoms with Crippen LogP contribution < -0.4 is 4.74 Å². The van der Waals surface area contributed by atoms with Crippen molar-refractivity contribution in [1.82, 2.24) is 9.88 Å². The van der Waals surface area contributed by atoms with E-state index in [0.29, 0.717) is 30.6 Å². The minimum absolute atomic E-state index is 0.0468. The minimum atomic E-state index is 0.0468. The molecule has 0 unspecified atom stereocenters. The number of amides is 1. The lowest BCUT2D eigenvalue weighted by atomic mass is 9.89. The van der Waals surface area contributed by atoms with Crippen LogP contribution in [-0.4, -0.2) is 49.2 Å². The molecule has 0 aliphatic carbocycles. The summed E-state index contributed by atoms with van der Waals surface area (Å²) in [5.74, 6) is 1.04. The van der Waals surface area contributed by atoms with Gasteiger partial charge in [-0.3, -0.25) is 4.79 Å². The zero-order valence-corrected chi connectivity index (χ0v) is 14.6. The summed E-state index contributed by atoms with van der Waals surface area (Å²) in [7, 11) is 1.62. The topological polar surface area (TPSA) is 51.7 Å². The molecule has 5 nitrogen and oxygen atoms in total. The van der Waals surface area contributed by atoms with E-state index in [0.717, 1.165) is 25.9 Å². The summed E-state index contributed by atoms with van der Waals surface area (Å²) in [6.45, 7) is 2.47. The molecule has 1 amide bonds. The monoisotopic (exact) mass is 340 g/mol. The van der Waals surface area contributed by atoms with E-state index in [-0.39, 0.29) is 5.91 Å². The van der Waals surface area contributed by atoms with Crippen LogP contribution in [-0.2, 0) is 4.74 Å². The first-order chi connectivity index (χ1) is 12.3. The molecule has 2 aromatic rings. The van der Waals surface area contributed by atoms with Crippen LogP contribution in [0.15, 0.2) is 48.7 Å². The summed E-state index contributed by atoms with van der Waals surface area (Å²) < 4.78 is 10.4. The molecule has 0 atom stereocenters. The van der Waals surface area contributed by atoms with Crippen LogP contribution in [0.4, 0.5) is 0 Å². The second kappa shape index (κ2) is 8.62. The molecule has 0 spiro atoms. The van der Waals surface area contributed by atoms with Crippen LogP contribution >= 0.6 is 0 Å². The second-order valence-electron chi connectivity index (χ2n) is 6.20. The maximum atomic E-state index is 12.7. The summed E-state index contributed by atoms with van der Waals surface area (Å²) in [6.07, 6.45) is 3.61. The third-order valence-electron chi connectivity index (χ3n) is 4.57. The molecule has 1 aliphatic rings. The average molecular weight is 340 g/mol. The Morgan fingerprint density at radius 2 is 1.92 bits per heavy atom. The van der Waals surface area contributed by atoms with Gasteiger partial charge < -0.3 is 14.4 Å². The molecule has 0 N–H and O–H groups in total. The summed E-state index contributed by atoms with van der Waals surface area (Å²) in [6, 6.07) is 14.0. The van der Waals surface area contributed by atoms with Crippen molar-refractivity contribution < 1.29 is 14.3 Å². The van der Waals surface area contributed by atoms with E-state index >= 15 is 0 Å². The van der Waals surface area contributed by atoms with Crippen molar-refractivity contribution in [2.45, 2.75) is 18.8 Å². The Kier molecular flexibility index (Phi) is 6.01. The maximum Gasteiger partial charge on any atom is 0.254 e. The van der Waals surface area contributed by atoms with Crippen LogP contribution in [0.2, 0.25) is 0 Å². The van der Waals surface area contributed by atoms with Gasteiger partial charge in [-0.25, -0.2) is 4.98 Å². The van der Waals surface area contributed by atoms with Crippen molar-refractivity contribution >= 4 is 5.91 Å². The fourth-order valence-corrected chi connectivity index (χ4v) is 3.17. The van der Waals surface area contributed by atoms with E-state index in [2.05, 4.69) is 29.2 Å². The molecule has 3 rings (SSSR count). The first kappa shape index (κ1) is 17.4. The molecule has 2 heterocycles. The minimum Gasteiger partial charge on any atom is -0.475 e. The van der Waals surface area contributed by atoms with Crippen molar-refractivity contribution in [3.8, 4) is 5.88 Å². The normalized spacial score (nSPS) is 15.2. The number of ether oxygens (including phenoxy) is 2. The van der Waals surface area contributed by atoms with Gasteiger partial charge in [0, 0.05) is 38.0 Å². The van der Waals surface area contributed by atoms with Gasteiger partial charge in [0.15, 0.2) is 0 Å². The fourth-order valence-electron chi connectivity index (χ4n) is 3.17. The number of carbonyl (C=O) groups excluding carboxylic acids is 1. The molecule has 132 valence electrons. The highest BCUT2D eigenvalue weighted by Crippen LogP contribution is 2.28. The summed E-state index contributed by atoms with van der Waals surface area (Å²) in [4.78, 5) is 18.8. The van der Waals surface area contributed by atoms with Crippen molar-refractivity contribution in [1.29, 1.82) is 0 Å². The number of rotatable bonds is 6. The predicted molar refractivity (Wildman–Crippen MR) is 95.9 cm³/mol. The molecule has 0 radical (unpaired) electrons. The van der Waals surface area contributed by atoms with Crippen molar-refractivity contribution in [2.24, 2.45) is 0 Å². The van der Waals surface area contributed by atoms with Gasteiger partial charge in [0.2, 0.25) is 5.88 Å². The number of methoxy groups -OCH3 is 1. The zero-order valence-electron chi connectivity index (χ0n) is 14.6. The Morgan fingerprint density at radius 3 is 2.64 bits per heavy atom. The standard InChI is InChI=1S/C20H24N2O3/c1-24-13-14-25-19-15-18(7-10-21-19)20(23)22-11-8-17(9-12-22)16-5-3-2-4-6-16/h2-7,10,15,17H,8-9,11-14H2,1H3. The lowest BCUT2D eigenvalue weighted by Gasteiger charge is -2.32. The second-order valence-corrected chi connectivity index (χ2v) is 6.20. The number of nitrogens with zero attached hydrogens (tertiary/aromatic N) is 2. The Morgan fingerprint density at radius 1 is 1.16 bits per heavy atom. The average Bonchev–Trinajstić information content (AvgIpc) is 2.69. The van der Waals surface area contributed by atoms with E-state index in [4.69, 9.17) is 9.47 Å². The smallest absolute Gasteiger partial charge is 0.254 e. The van der Waals surface area contributed by atoms with Gasteiger partial charge in [0.05, 0.1) is 6.61 Å². The fraction of sp³-hybridized carbons (Fsp3) is 0.400. The number of piperidine rings is 1. The molecule has 1 aromatic heterocycles. The van der Waals surface area contributed by atoms with Gasteiger partial charge in [0.25, 0.3) is 5.91 Å². The van der Waals surface area contributed by atoms with Crippen molar-refractivity contribution in [3.63, 3.8) is 0 Å². The largest absolute Gasteiger partial charge is 0.475 e.